The fraction of sp³-hybridized carbons (Fsp3) is 0.227. The van der Waals surface area contributed by atoms with Crippen LogP contribution in [-0.2, 0) is 4.79 Å². The van der Waals surface area contributed by atoms with E-state index in [9.17, 15) is 9.18 Å². The smallest absolute Gasteiger partial charge is 0.186 e. The average Bonchev–Trinajstić information content (AvgIpc) is 2.78. The van der Waals surface area contributed by atoms with Gasteiger partial charge in [-0.25, -0.2) is 4.39 Å². The van der Waals surface area contributed by atoms with Crippen LogP contribution in [0.3, 0.4) is 0 Å². The van der Waals surface area contributed by atoms with Gasteiger partial charge in [-0.2, -0.15) is 0 Å². The maximum Gasteiger partial charge on any atom is 0.186 e. The second kappa shape index (κ2) is 8.11. The van der Waals surface area contributed by atoms with E-state index in [1.807, 2.05) is 43.5 Å². The molecule has 2 aromatic rings. The van der Waals surface area contributed by atoms with Gasteiger partial charge in [0.2, 0.25) is 0 Å². The zero-order valence-corrected chi connectivity index (χ0v) is 15.0. The van der Waals surface area contributed by atoms with E-state index in [1.165, 1.54) is 12.1 Å². The maximum absolute atomic E-state index is 13.1. The van der Waals surface area contributed by atoms with E-state index in [0.29, 0.717) is 13.0 Å². The monoisotopic (exact) mass is 351 g/mol. The molecule has 0 unspecified atom stereocenters. The molecule has 3 rings (SSSR count). The van der Waals surface area contributed by atoms with Gasteiger partial charge in [-0.05, 0) is 61.0 Å². The van der Waals surface area contributed by atoms with Gasteiger partial charge in [0.25, 0.3) is 0 Å². The van der Waals surface area contributed by atoms with Crippen LogP contribution in [0.15, 0.2) is 59.7 Å². The summed E-state index contributed by atoms with van der Waals surface area (Å²) < 4.78 is 18.3. The minimum absolute atomic E-state index is 0.0505. The number of Topliss-reactive ketones (excluding diaryl/α,β-unsaturated/α-hetero) is 1. The van der Waals surface area contributed by atoms with Crippen LogP contribution in [0, 0.1) is 5.82 Å². The van der Waals surface area contributed by atoms with Crippen LogP contribution < -0.4 is 4.74 Å². The molecule has 3 nitrogen and oxygen atoms in total. The van der Waals surface area contributed by atoms with Gasteiger partial charge in [0, 0.05) is 24.2 Å². The van der Waals surface area contributed by atoms with Crippen molar-refractivity contribution in [3.63, 3.8) is 0 Å². The number of ketones is 1. The first kappa shape index (κ1) is 18.1. The predicted molar refractivity (Wildman–Crippen MR) is 102 cm³/mol. The second-order valence-corrected chi connectivity index (χ2v) is 6.48. The fourth-order valence-corrected chi connectivity index (χ4v) is 2.98. The Morgan fingerprint density at radius 1 is 0.962 bits per heavy atom. The molecule has 0 bridgehead atoms. The summed E-state index contributed by atoms with van der Waals surface area (Å²) in [5, 5.41) is 0. The lowest BCUT2D eigenvalue weighted by molar-refractivity contribution is -0.112. The number of benzene rings is 2. The zero-order chi connectivity index (χ0) is 18.5. The lowest BCUT2D eigenvalue weighted by Crippen LogP contribution is -2.20. The van der Waals surface area contributed by atoms with Crippen molar-refractivity contribution >= 4 is 17.9 Å². The standard InChI is InChI=1S/C22H22FNO2/c1-24-12-11-18(13-16-3-7-20(23)8-4-16)22(25)19(15-24)14-17-5-9-21(26-2)10-6-17/h3-10,13-14H,11-12,15H2,1-2H3. The molecule has 1 aliphatic heterocycles. The van der Waals surface area contributed by atoms with E-state index in [1.54, 1.807) is 19.2 Å². The molecular weight excluding hydrogens is 329 g/mol. The van der Waals surface area contributed by atoms with Gasteiger partial charge in [-0.15, -0.1) is 0 Å². The third-order valence-electron chi connectivity index (χ3n) is 4.45. The lowest BCUT2D eigenvalue weighted by atomic mass is 9.98. The Kier molecular flexibility index (Phi) is 5.64. The van der Waals surface area contributed by atoms with Crippen LogP contribution >= 0.6 is 0 Å². The lowest BCUT2D eigenvalue weighted by Gasteiger charge is -2.12. The molecule has 0 saturated carbocycles. The topological polar surface area (TPSA) is 29.5 Å². The van der Waals surface area contributed by atoms with E-state index >= 15 is 0 Å². The Labute approximate surface area is 153 Å². The van der Waals surface area contributed by atoms with Crippen molar-refractivity contribution in [2.24, 2.45) is 0 Å². The van der Waals surface area contributed by atoms with Crippen LogP contribution in [-0.4, -0.2) is 37.9 Å². The van der Waals surface area contributed by atoms with Gasteiger partial charge >= 0.3 is 0 Å². The number of hydrogen-bond acceptors (Lipinski definition) is 3. The summed E-state index contributed by atoms with van der Waals surface area (Å²) in [5.74, 6) is 0.557. The first-order valence-electron chi connectivity index (χ1n) is 8.59. The highest BCUT2D eigenvalue weighted by atomic mass is 19.1. The van der Waals surface area contributed by atoms with Crippen molar-refractivity contribution in [3.8, 4) is 5.75 Å². The normalized spacial score (nSPS) is 19.0. The first-order chi connectivity index (χ1) is 12.5. The van der Waals surface area contributed by atoms with Gasteiger partial charge in [0.1, 0.15) is 11.6 Å². The van der Waals surface area contributed by atoms with Gasteiger partial charge in [-0.1, -0.05) is 24.3 Å². The Morgan fingerprint density at radius 3 is 2.15 bits per heavy atom. The Balaban J connectivity index is 1.92. The van der Waals surface area contributed by atoms with Crippen molar-refractivity contribution in [3.05, 3.63) is 76.6 Å². The van der Waals surface area contributed by atoms with Crippen LogP contribution in [0.2, 0.25) is 0 Å². The number of ether oxygens (including phenoxy) is 1. The van der Waals surface area contributed by atoms with Gasteiger partial charge in [0.15, 0.2) is 5.78 Å². The Bertz CT molecular complexity index is 835. The van der Waals surface area contributed by atoms with Gasteiger partial charge < -0.3 is 9.64 Å². The second-order valence-electron chi connectivity index (χ2n) is 6.48. The van der Waals surface area contributed by atoms with Gasteiger partial charge in [0.05, 0.1) is 7.11 Å². The van der Waals surface area contributed by atoms with Crippen LogP contribution in [0.1, 0.15) is 17.5 Å². The molecule has 134 valence electrons. The molecule has 4 heteroatoms. The summed E-state index contributed by atoms with van der Waals surface area (Å²) in [6.45, 7) is 1.41. The van der Waals surface area contributed by atoms with E-state index in [2.05, 4.69) is 4.90 Å². The summed E-state index contributed by atoms with van der Waals surface area (Å²) in [6, 6.07) is 13.8. The highest BCUT2D eigenvalue weighted by Crippen LogP contribution is 2.22. The summed E-state index contributed by atoms with van der Waals surface area (Å²) in [4.78, 5) is 15.2. The van der Waals surface area contributed by atoms with Gasteiger partial charge in [-0.3, -0.25) is 4.79 Å². The molecule has 0 radical (unpaired) electrons. The zero-order valence-electron chi connectivity index (χ0n) is 15.0. The maximum atomic E-state index is 13.1. The third-order valence-corrected chi connectivity index (χ3v) is 4.45. The molecule has 1 fully saturated rings. The molecule has 1 saturated heterocycles. The van der Waals surface area contributed by atoms with Crippen LogP contribution in [0.25, 0.3) is 12.2 Å². The number of carbonyl (C=O) groups excluding carboxylic acids is 1. The summed E-state index contributed by atoms with van der Waals surface area (Å²) in [6.07, 6.45) is 4.47. The number of rotatable bonds is 3. The largest absolute Gasteiger partial charge is 0.497 e. The molecule has 2 aromatic carbocycles. The molecule has 0 amide bonds. The molecule has 1 heterocycles. The van der Waals surface area contributed by atoms with Crippen molar-refractivity contribution < 1.29 is 13.9 Å². The third kappa shape index (κ3) is 4.46. The summed E-state index contributed by atoms with van der Waals surface area (Å²) >= 11 is 0. The predicted octanol–water partition coefficient (Wildman–Crippen LogP) is 4.21. The van der Waals surface area contributed by atoms with Crippen LogP contribution in [0.4, 0.5) is 4.39 Å². The molecule has 0 aliphatic carbocycles. The SMILES string of the molecule is COc1ccc(C=C2CN(C)CCC(=Cc3ccc(F)cc3)C2=O)cc1. The molecule has 1 aliphatic rings. The molecule has 0 aromatic heterocycles. The highest BCUT2D eigenvalue weighted by molar-refractivity contribution is 6.13. The number of hydrogen-bond donors (Lipinski definition) is 0. The van der Waals surface area contributed by atoms with E-state index in [0.717, 1.165) is 34.6 Å². The first-order valence-corrected chi connectivity index (χ1v) is 8.59. The molecule has 0 atom stereocenters. The summed E-state index contributed by atoms with van der Waals surface area (Å²) in [7, 11) is 3.64. The highest BCUT2D eigenvalue weighted by Gasteiger charge is 2.21. The number of methoxy groups -OCH3 is 1. The quantitative estimate of drug-likeness (QED) is 0.776. The molecule has 0 spiro atoms. The van der Waals surface area contributed by atoms with E-state index < -0.39 is 0 Å². The molecular formula is C22H22FNO2. The number of likely N-dealkylation sites (tertiary alicyclic amines) is 1. The number of halogens is 1. The minimum atomic E-state index is -0.279. The van der Waals surface area contributed by atoms with Crippen molar-refractivity contribution in [1.29, 1.82) is 0 Å². The van der Waals surface area contributed by atoms with Crippen LogP contribution in [0.5, 0.6) is 5.75 Å². The number of carbonyl (C=O) groups is 1. The van der Waals surface area contributed by atoms with E-state index in [-0.39, 0.29) is 11.6 Å². The van der Waals surface area contributed by atoms with E-state index in [4.69, 9.17) is 4.74 Å². The Hall–Kier alpha value is -2.72. The number of likely N-dealkylation sites (N-methyl/N-ethyl adjacent to an activating group) is 1. The van der Waals surface area contributed by atoms with Crippen molar-refractivity contribution in [1.82, 2.24) is 4.90 Å². The molecule has 26 heavy (non-hydrogen) atoms. The Morgan fingerprint density at radius 2 is 1.54 bits per heavy atom. The van der Waals surface area contributed by atoms with Crippen molar-refractivity contribution in [2.75, 3.05) is 27.2 Å². The minimum Gasteiger partial charge on any atom is -0.497 e. The fourth-order valence-electron chi connectivity index (χ4n) is 2.98. The molecule has 0 N–H and O–H groups in total. The van der Waals surface area contributed by atoms with Crippen molar-refractivity contribution in [2.45, 2.75) is 6.42 Å². The number of nitrogens with zero attached hydrogens (tertiary/aromatic N) is 1. The summed E-state index contributed by atoms with van der Waals surface area (Å²) in [5.41, 5.74) is 3.30. The average molecular weight is 351 g/mol.